The maximum Gasteiger partial charge on any atom is 0.266 e. The Labute approximate surface area is 120 Å². The fraction of sp³-hybridized carbons (Fsp3) is 0.250. The van der Waals surface area contributed by atoms with Gasteiger partial charge in [-0.25, -0.2) is 17.8 Å². The van der Waals surface area contributed by atoms with Crippen LogP contribution in [0.4, 0.5) is 9.52 Å². The van der Waals surface area contributed by atoms with Gasteiger partial charge in [0.1, 0.15) is 10.7 Å². The van der Waals surface area contributed by atoms with E-state index in [9.17, 15) is 12.8 Å². The van der Waals surface area contributed by atoms with Gasteiger partial charge in [-0.15, -0.1) is 11.3 Å². The van der Waals surface area contributed by atoms with Gasteiger partial charge in [0.2, 0.25) is 0 Å². The minimum Gasteiger partial charge on any atom is -0.316 e. The number of sulfonamides is 1. The number of hydrogen-bond donors (Lipinski definition) is 2. The first kappa shape index (κ1) is 14.9. The zero-order chi connectivity index (χ0) is 14.8. The smallest absolute Gasteiger partial charge is 0.266 e. The second-order valence-electron chi connectivity index (χ2n) is 4.19. The quantitative estimate of drug-likeness (QED) is 0.886. The number of rotatable bonds is 5. The Balaban J connectivity index is 2.29. The number of aryl methyl sites for hydroxylation is 1. The normalized spacial score (nSPS) is 11.6. The number of hydrogen-bond acceptors (Lipinski definition) is 5. The summed E-state index contributed by atoms with van der Waals surface area (Å²) < 4.78 is 40.4. The van der Waals surface area contributed by atoms with Crippen LogP contribution in [-0.2, 0) is 16.6 Å². The molecule has 0 bridgehead atoms. The molecule has 0 radical (unpaired) electrons. The number of nitrogens with one attached hydrogen (secondary N) is 2. The third-order valence-electron chi connectivity index (χ3n) is 2.51. The van der Waals surface area contributed by atoms with Crippen molar-refractivity contribution in [3.05, 3.63) is 40.7 Å². The predicted octanol–water partition coefficient (Wildman–Crippen LogP) is 2.11. The van der Waals surface area contributed by atoms with Crippen LogP contribution in [0.25, 0.3) is 0 Å². The standard InChI is InChI=1S/C12H14FN3O2S2/c1-8-7-19-12(15-8)16-20(17,18)11-4-3-9(6-14-2)5-10(11)13/h3-5,7,14H,6H2,1-2H3,(H,15,16). The highest BCUT2D eigenvalue weighted by atomic mass is 32.2. The molecule has 2 rings (SSSR count). The van der Waals surface area contributed by atoms with Gasteiger partial charge in [0, 0.05) is 11.9 Å². The first-order chi connectivity index (χ1) is 9.42. The molecular weight excluding hydrogens is 301 g/mol. The third-order valence-corrected chi connectivity index (χ3v) is 4.88. The van der Waals surface area contributed by atoms with Gasteiger partial charge in [0.15, 0.2) is 5.13 Å². The van der Waals surface area contributed by atoms with Gasteiger partial charge in [-0.3, -0.25) is 4.72 Å². The number of aromatic nitrogens is 1. The summed E-state index contributed by atoms with van der Waals surface area (Å²) in [4.78, 5) is 3.61. The van der Waals surface area contributed by atoms with Crippen LogP contribution >= 0.6 is 11.3 Å². The van der Waals surface area contributed by atoms with E-state index in [1.807, 2.05) is 0 Å². The minimum absolute atomic E-state index is 0.223. The average Bonchev–Trinajstić information content (AvgIpc) is 2.74. The van der Waals surface area contributed by atoms with Gasteiger partial charge < -0.3 is 5.32 Å². The van der Waals surface area contributed by atoms with E-state index in [-0.39, 0.29) is 10.0 Å². The molecule has 1 aromatic carbocycles. The van der Waals surface area contributed by atoms with Crippen LogP contribution in [0.15, 0.2) is 28.5 Å². The molecule has 0 aliphatic carbocycles. The molecule has 0 aliphatic heterocycles. The van der Waals surface area contributed by atoms with Crippen LogP contribution in [0.3, 0.4) is 0 Å². The second kappa shape index (κ2) is 5.86. The monoisotopic (exact) mass is 315 g/mol. The fourth-order valence-corrected chi connectivity index (χ4v) is 3.65. The number of nitrogens with zero attached hydrogens (tertiary/aromatic N) is 1. The van der Waals surface area contributed by atoms with Crippen molar-refractivity contribution >= 4 is 26.5 Å². The van der Waals surface area contributed by atoms with Crippen molar-refractivity contribution in [2.24, 2.45) is 0 Å². The van der Waals surface area contributed by atoms with Gasteiger partial charge in [0.25, 0.3) is 10.0 Å². The lowest BCUT2D eigenvalue weighted by Crippen LogP contribution is -2.15. The highest BCUT2D eigenvalue weighted by molar-refractivity contribution is 7.93. The third kappa shape index (κ3) is 3.33. The van der Waals surface area contributed by atoms with E-state index in [0.29, 0.717) is 17.8 Å². The highest BCUT2D eigenvalue weighted by Crippen LogP contribution is 2.22. The number of halogens is 1. The van der Waals surface area contributed by atoms with E-state index in [4.69, 9.17) is 0 Å². The largest absolute Gasteiger partial charge is 0.316 e. The number of anilines is 1. The Kier molecular flexibility index (Phi) is 4.36. The summed E-state index contributed by atoms with van der Waals surface area (Å²) in [5, 5.41) is 4.81. The second-order valence-corrected chi connectivity index (χ2v) is 6.70. The molecule has 1 heterocycles. The summed E-state index contributed by atoms with van der Waals surface area (Å²) in [6, 6.07) is 4.03. The molecule has 8 heteroatoms. The molecule has 0 aliphatic rings. The first-order valence-corrected chi connectivity index (χ1v) is 8.16. The molecule has 0 spiro atoms. The van der Waals surface area contributed by atoms with E-state index in [1.54, 1.807) is 25.4 Å². The molecule has 108 valence electrons. The topological polar surface area (TPSA) is 71.1 Å². The maximum atomic E-state index is 13.9. The molecule has 0 amide bonds. The lowest BCUT2D eigenvalue weighted by molar-refractivity contribution is 0.568. The molecular formula is C12H14FN3O2S2. The summed E-state index contributed by atoms with van der Waals surface area (Å²) in [6.07, 6.45) is 0. The summed E-state index contributed by atoms with van der Waals surface area (Å²) in [7, 11) is -2.23. The minimum atomic E-state index is -3.96. The van der Waals surface area contributed by atoms with Gasteiger partial charge in [-0.05, 0) is 31.7 Å². The predicted molar refractivity (Wildman–Crippen MR) is 76.8 cm³/mol. The number of benzene rings is 1. The molecule has 0 saturated carbocycles. The lowest BCUT2D eigenvalue weighted by Gasteiger charge is -2.08. The molecule has 0 atom stereocenters. The zero-order valence-corrected chi connectivity index (χ0v) is 12.6. The summed E-state index contributed by atoms with van der Waals surface area (Å²) in [5.41, 5.74) is 1.38. The molecule has 20 heavy (non-hydrogen) atoms. The molecule has 5 nitrogen and oxygen atoms in total. The van der Waals surface area contributed by atoms with Crippen LogP contribution in [0, 0.1) is 12.7 Å². The van der Waals surface area contributed by atoms with Crippen LogP contribution in [0.2, 0.25) is 0 Å². The van der Waals surface area contributed by atoms with Crippen LogP contribution in [-0.4, -0.2) is 20.4 Å². The molecule has 2 aromatic rings. The van der Waals surface area contributed by atoms with Crippen molar-refractivity contribution in [1.29, 1.82) is 0 Å². The van der Waals surface area contributed by atoms with Crippen molar-refractivity contribution in [3.8, 4) is 0 Å². The van der Waals surface area contributed by atoms with Crippen molar-refractivity contribution in [2.45, 2.75) is 18.4 Å². The summed E-state index contributed by atoms with van der Waals surface area (Å²) in [5.74, 6) is -0.779. The van der Waals surface area contributed by atoms with Crippen molar-refractivity contribution in [3.63, 3.8) is 0 Å². The van der Waals surface area contributed by atoms with Gasteiger partial charge in [-0.2, -0.15) is 0 Å². The zero-order valence-electron chi connectivity index (χ0n) is 11.0. The van der Waals surface area contributed by atoms with E-state index in [1.165, 1.54) is 12.1 Å². The Morgan fingerprint density at radius 1 is 1.40 bits per heavy atom. The Bertz CT molecular complexity index is 713. The van der Waals surface area contributed by atoms with E-state index in [2.05, 4.69) is 15.0 Å². The SMILES string of the molecule is CNCc1ccc(S(=O)(=O)Nc2nc(C)cs2)c(F)c1. The van der Waals surface area contributed by atoms with Crippen LogP contribution in [0.1, 0.15) is 11.3 Å². The van der Waals surface area contributed by atoms with Gasteiger partial charge in [0.05, 0.1) is 5.69 Å². The number of thiazole rings is 1. The van der Waals surface area contributed by atoms with Crippen LogP contribution < -0.4 is 10.0 Å². The molecule has 1 aromatic heterocycles. The van der Waals surface area contributed by atoms with Gasteiger partial charge in [-0.1, -0.05) is 6.07 Å². The maximum absolute atomic E-state index is 13.9. The van der Waals surface area contributed by atoms with Gasteiger partial charge >= 0.3 is 0 Å². The van der Waals surface area contributed by atoms with Crippen molar-refractivity contribution in [2.75, 3.05) is 11.8 Å². The molecule has 0 saturated heterocycles. The molecule has 0 unspecified atom stereocenters. The van der Waals surface area contributed by atoms with E-state index in [0.717, 1.165) is 11.3 Å². The summed E-state index contributed by atoms with van der Waals surface area (Å²) in [6.45, 7) is 2.22. The molecule has 0 fully saturated rings. The van der Waals surface area contributed by atoms with Crippen molar-refractivity contribution in [1.82, 2.24) is 10.3 Å². The van der Waals surface area contributed by atoms with Crippen LogP contribution in [0.5, 0.6) is 0 Å². The highest BCUT2D eigenvalue weighted by Gasteiger charge is 2.20. The summed E-state index contributed by atoms with van der Waals surface area (Å²) >= 11 is 1.15. The average molecular weight is 315 g/mol. The Morgan fingerprint density at radius 3 is 2.70 bits per heavy atom. The van der Waals surface area contributed by atoms with Crippen molar-refractivity contribution < 1.29 is 12.8 Å². The Morgan fingerprint density at radius 2 is 2.15 bits per heavy atom. The van der Waals surface area contributed by atoms with E-state index < -0.39 is 15.8 Å². The lowest BCUT2D eigenvalue weighted by atomic mass is 10.2. The Hall–Kier alpha value is -1.51. The van der Waals surface area contributed by atoms with E-state index >= 15 is 0 Å². The fourth-order valence-electron chi connectivity index (χ4n) is 1.65. The molecule has 2 N–H and O–H groups in total. The first-order valence-electron chi connectivity index (χ1n) is 5.80.